The van der Waals surface area contributed by atoms with Gasteiger partial charge in [-0.15, -0.1) is 0 Å². The molecule has 4 aliphatic carbocycles. The monoisotopic (exact) mass is 462 g/mol. The van der Waals surface area contributed by atoms with Crippen molar-refractivity contribution in [3.8, 4) is 0 Å². The highest BCUT2D eigenvalue weighted by Gasteiger charge is 2.60. The minimum absolute atomic E-state index is 0.335. The molecule has 4 saturated carbocycles. The summed E-state index contributed by atoms with van der Waals surface area (Å²) in [5.74, 6) is 3.82. The third kappa shape index (κ3) is 4.31. The Morgan fingerprint density at radius 1 is 0.938 bits per heavy atom. The van der Waals surface area contributed by atoms with Gasteiger partial charge in [-0.3, -0.25) is 0 Å². The Balaban J connectivity index is 1.53. The second kappa shape index (κ2) is 9.05. The number of nitrogens with zero attached hydrogens (tertiary/aromatic N) is 2. The molecule has 0 aromatic heterocycles. The quantitative estimate of drug-likeness (QED) is 0.257. The third-order valence-corrected chi connectivity index (χ3v) is 11.0. The molecule has 0 aromatic rings. The van der Waals surface area contributed by atoms with Crippen molar-refractivity contribution in [1.29, 1.82) is 0 Å². The first-order chi connectivity index (χ1) is 15.1. The molecular formula is C26H46N2O3Si. The average molecular weight is 463 g/mol. The van der Waals surface area contributed by atoms with Gasteiger partial charge in [-0.1, -0.05) is 24.2 Å². The highest BCUT2D eigenvalue weighted by atomic mass is 28.4. The van der Waals surface area contributed by atoms with Gasteiger partial charge in [0.2, 0.25) is 0 Å². The highest BCUT2D eigenvalue weighted by Crippen LogP contribution is 2.67. The molecule has 4 aliphatic rings. The van der Waals surface area contributed by atoms with Gasteiger partial charge in [0.1, 0.15) is 14.2 Å². The fourth-order valence-electron chi connectivity index (χ4n) is 8.42. The molecule has 5 nitrogen and oxygen atoms in total. The van der Waals surface area contributed by atoms with Gasteiger partial charge in [0.05, 0.1) is 18.0 Å². The van der Waals surface area contributed by atoms with Gasteiger partial charge in [-0.05, 0) is 112 Å². The Morgan fingerprint density at radius 2 is 1.69 bits per heavy atom. The molecule has 6 heteroatoms. The molecule has 0 saturated heterocycles. The summed E-state index contributed by atoms with van der Waals surface area (Å²) in [6.45, 7) is 12.6. The van der Waals surface area contributed by atoms with Gasteiger partial charge in [-0.25, -0.2) is 0 Å². The fraction of sp³-hybridized carbons (Fsp3) is 0.923. The van der Waals surface area contributed by atoms with Crippen LogP contribution in [0.1, 0.15) is 71.6 Å². The van der Waals surface area contributed by atoms with E-state index in [9.17, 15) is 0 Å². The van der Waals surface area contributed by atoms with Gasteiger partial charge >= 0.3 is 0 Å². The molecule has 182 valence electrons. The standard InChI is InChI=1S/C26H46N2O3Si/c1-25-14-12-19(27-29-3)16-18(25)8-9-20-21-10-11-23(26(21,2)15-13-22(20)25)24(28-30-4)17-31-32(5,6)7/h18,20-23H,8-17H2,1-7H3/b27-19+,28-24+. The second-order valence-corrected chi connectivity index (χ2v) is 17.1. The van der Waals surface area contributed by atoms with Gasteiger partial charge < -0.3 is 14.1 Å². The summed E-state index contributed by atoms with van der Waals surface area (Å²) in [6, 6.07) is 0. The van der Waals surface area contributed by atoms with Crippen LogP contribution in [0.3, 0.4) is 0 Å². The summed E-state index contributed by atoms with van der Waals surface area (Å²) in [7, 11) is 1.78. The summed E-state index contributed by atoms with van der Waals surface area (Å²) in [6.07, 6.45) is 11.6. The van der Waals surface area contributed by atoms with Crippen molar-refractivity contribution in [3.63, 3.8) is 0 Å². The molecule has 0 bridgehead atoms. The van der Waals surface area contributed by atoms with E-state index in [4.69, 9.17) is 14.1 Å². The molecule has 0 amide bonds. The Morgan fingerprint density at radius 3 is 2.38 bits per heavy atom. The molecule has 0 heterocycles. The smallest absolute Gasteiger partial charge is 0.184 e. The van der Waals surface area contributed by atoms with Crippen LogP contribution in [0.15, 0.2) is 10.3 Å². The molecule has 0 aliphatic heterocycles. The van der Waals surface area contributed by atoms with Gasteiger partial charge in [0.15, 0.2) is 8.32 Å². The lowest BCUT2D eigenvalue weighted by Crippen LogP contribution is -2.54. The Labute approximate surface area is 196 Å². The zero-order chi connectivity index (χ0) is 23.1. The summed E-state index contributed by atoms with van der Waals surface area (Å²) in [5.41, 5.74) is 3.26. The number of fused-ring (bicyclic) bond motifs is 5. The first-order valence-corrected chi connectivity index (χ1v) is 16.4. The van der Waals surface area contributed by atoms with Crippen molar-refractivity contribution in [2.45, 2.75) is 91.3 Å². The number of hydrogen-bond acceptors (Lipinski definition) is 5. The van der Waals surface area contributed by atoms with Crippen LogP contribution < -0.4 is 0 Å². The predicted molar refractivity (Wildman–Crippen MR) is 133 cm³/mol. The Hall–Kier alpha value is -0.883. The zero-order valence-corrected chi connectivity index (χ0v) is 22.6. The maximum Gasteiger partial charge on any atom is 0.184 e. The molecule has 32 heavy (non-hydrogen) atoms. The van der Waals surface area contributed by atoms with Crippen LogP contribution in [0.4, 0.5) is 0 Å². The fourth-order valence-corrected chi connectivity index (χ4v) is 9.00. The van der Waals surface area contributed by atoms with Gasteiger partial charge in [0.25, 0.3) is 0 Å². The number of hydrogen-bond donors (Lipinski definition) is 0. The van der Waals surface area contributed by atoms with Crippen LogP contribution >= 0.6 is 0 Å². The van der Waals surface area contributed by atoms with Crippen molar-refractivity contribution in [3.05, 3.63) is 0 Å². The largest absolute Gasteiger partial charge is 0.412 e. The minimum Gasteiger partial charge on any atom is -0.412 e. The van der Waals surface area contributed by atoms with Crippen molar-refractivity contribution < 1.29 is 14.1 Å². The third-order valence-electron chi connectivity index (χ3n) is 9.98. The van der Waals surface area contributed by atoms with Crippen molar-refractivity contribution in [1.82, 2.24) is 0 Å². The molecule has 0 aromatic carbocycles. The summed E-state index contributed by atoms with van der Waals surface area (Å²) >= 11 is 0. The molecule has 4 rings (SSSR count). The van der Waals surface area contributed by atoms with E-state index in [1.54, 1.807) is 14.2 Å². The van der Waals surface area contributed by atoms with Crippen molar-refractivity contribution in [2.75, 3.05) is 20.8 Å². The molecular weight excluding hydrogens is 416 g/mol. The molecule has 7 atom stereocenters. The highest BCUT2D eigenvalue weighted by molar-refractivity contribution is 6.69. The van der Waals surface area contributed by atoms with E-state index in [-0.39, 0.29) is 0 Å². The lowest BCUT2D eigenvalue weighted by molar-refractivity contribution is -0.0965. The molecule has 0 N–H and O–H groups in total. The van der Waals surface area contributed by atoms with Crippen LogP contribution in [0.2, 0.25) is 19.6 Å². The van der Waals surface area contributed by atoms with Crippen LogP contribution in [-0.2, 0) is 14.1 Å². The molecule has 0 radical (unpaired) electrons. The van der Waals surface area contributed by atoms with Gasteiger partial charge in [0, 0.05) is 5.92 Å². The Bertz CT molecular complexity index is 748. The molecule has 0 spiro atoms. The van der Waals surface area contributed by atoms with Crippen LogP contribution in [0, 0.1) is 40.4 Å². The minimum atomic E-state index is -1.59. The first-order valence-electron chi connectivity index (χ1n) is 12.9. The normalized spacial score (nSPS) is 43.4. The van der Waals surface area contributed by atoms with E-state index < -0.39 is 8.32 Å². The van der Waals surface area contributed by atoms with Crippen LogP contribution in [0.5, 0.6) is 0 Å². The molecule has 4 fully saturated rings. The van der Waals surface area contributed by atoms with E-state index >= 15 is 0 Å². The van der Waals surface area contributed by atoms with E-state index in [1.165, 1.54) is 50.7 Å². The number of rotatable bonds is 6. The average Bonchev–Trinajstić information content (AvgIpc) is 3.08. The van der Waals surface area contributed by atoms with E-state index in [0.717, 1.165) is 42.2 Å². The van der Waals surface area contributed by atoms with Gasteiger partial charge in [-0.2, -0.15) is 0 Å². The lowest BCUT2D eigenvalue weighted by atomic mass is 9.44. The first kappa shape index (κ1) is 24.2. The van der Waals surface area contributed by atoms with Crippen LogP contribution in [0.25, 0.3) is 0 Å². The maximum absolute atomic E-state index is 6.31. The summed E-state index contributed by atoms with van der Waals surface area (Å²) < 4.78 is 6.31. The maximum atomic E-state index is 6.31. The van der Waals surface area contributed by atoms with E-state index in [2.05, 4.69) is 43.8 Å². The van der Waals surface area contributed by atoms with Crippen molar-refractivity contribution >= 4 is 19.7 Å². The SMILES string of the molecule is CO/N=C(\CO[Si](C)(C)C)C1CCC2C3CCC4C/C(=N/OC)CCC4(C)C3CCC12C. The summed E-state index contributed by atoms with van der Waals surface area (Å²) in [5, 5.41) is 8.88. The molecule has 7 unspecified atom stereocenters. The Kier molecular flexibility index (Phi) is 6.86. The summed E-state index contributed by atoms with van der Waals surface area (Å²) in [4.78, 5) is 10.5. The topological polar surface area (TPSA) is 52.4 Å². The second-order valence-electron chi connectivity index (χ2n) is 12.5. The predicted octanol–water partition coefficient (Wildman–Crippen LogP) is 6.50. The van der Waals surface area contributed by atoms with Crippen molar-refractivity contribution in [2.24, 2.45) is 50.7 Å². The van der Waals surface area contributed by atoms with Crippen LogP contribution in [-0.4, -0.2) is 40.6 Å². The van der Waals surface area contributed by atoms with E-state index in [0.29, 0.717) is 23.4 Å². The zero-order valence-electron chi connectivity index (χ0n) is 21.6. The van der Waals surface area contributed by atoms with E-state index in [1.807, 2.05) is 0 Å². The number of oxime groups is 2. The lowest BCUT2D eigenvalue weighted by Gasteiger charge is -2.60.